The largest absolute Gasteiger partial charge is 0.234 e. The van der Waals surface area contributed by atoms with Gasteiger partial charge >= 0.3 is 0 Å². The number of nitrogens with zero attached hydrogens (tertiary/aromatic N) is 3. The van der Waals surface area contributed by atoms with E-state index in [9.17, 15) is 0 Å². The second-order valence-electron chi connectivity index (χ2n) is 4.65. The molecule has 0 amide bonds. The molecule has 0 aromatic carbocycles. The van der Waals surface area contributed by atoms with E-state index in [1.54, 1.807) is 0 Å². The topological polar surface area (TPSA) is 30.2 Å². The van der Waals surface area contributed by atoms with Crippen molar-refractivity contribution in [3.05, 3.63) is 29.7 Å². The van der Waals surface area contributed by atoms with Crippen molar-refractivity contribution in [2.75, 3.05) is 0 Å². The average Bonchev–Trinajstić information content (AvgIpc) is 2.45. The minimum absolute atomic E-state index is 0.0997. The highest BCUT2D eigenvalue weighted by atomic mass is 15.2. The first-order valence-electron chi connectivity index (χ1n) is 4.80. The van der Waals surface area contributed by atoms with E-state index < -0.39 is 0 Å². The summed E-state index contributed by atoms with van der Waals surface area (Å²) in [6.45, 7) is 8.52. The van der Waals surface area contributed by atoms with Crippen molar-refractivity contribution in [2.24, 2.45) is 0 Å². The number of hydrogen-bond donors (Lipinski definition) is 0. The maximum absolute atomic E-state index is 4.50. The molecule has 2 aromatic rings. The van der Waals surface area contributed by atoms with Crippen LogP contribution in [-0.4, -0.2) is 14.6 Å². The van der Waals surface area contributed by atoms with E-state index in [0.717, 1.165) is 11.3 Å². The number of fused-ring (bicyclic) bond motifs is 1. The summed E-state index contributed by atoms with van der Waals surface area (Å²) in [5, 5.41) is 4.28. The predicted molar refractivity (Wildman–Crippen MR) is 56.4 cm³/mol. The summed E-state index contributed by atoms with van der Waals surface area (Å²) in [5.74, 6) is 0. The lowest BCUT2D eigenvalue weighted by molar-refractivity contribution is 0.594. The molecule has 0 fully saturated rings. The molecule has 0 saturated carbocycles. The van der Waals surface area contributed by atoms with Crippen LogP contribution in [0, 0.1) is 6.92 Å². The highest BCUT2D eigenvalue weighted by molar-refractivity contribution is 5.50. The van der Waals surface area contributed by atoms with Crippen LogP contribution in [0.1, 0.15) is 32.0 Å². The third-order valence-corrected chi connectivity index (χ3v) is 2.32. The van der Waals surface area contributed by atoms with E-state index in [4.69, 9.17) is 0 Å². The Labute approximate surface area is 83.8 Å². The molecule has 0 unspecified atom stereocenters. The van der Waals surface area contributed by atoms with Gasteiger partial charge in [0.1, 0.15) is 0 Å². The predicted octanol–water partition coefficient (Wildman–Crippen LogP) is 2.34. The standard InChI is InChI=1S/C11H15N3/c1-8-5-6-14-10(13-8)9(7-12-14)11(2,3)4/h5-7H,1-4H3. The van der Waals surface area contributed by atoms with Crippen molar-refractivity contribution in [2.45, 2.75) is 33.1 Å². The summed E-state index contributed by atoms with van der Waals surface area (Å²) >= 11 is 0. The van der Waals surface area contributed by atoms with Gasteiger partial charge in [-0.05, 0) is 18.4 Å². The molecule has 2 heterocycles. The molecular formula is C11H15N3. The molecule has 0 radical (unpaired) electrons. The van der Waals surface area contributed by atoms with Gasteiger partial charge in [-0.15, -0.1) is 0 Å². The van der Waals surface area contributed by atoms with Gasteiger partial charge in [-0.25, -0.2) is 9.50 Å². The molecule has 0 aliphatic carbocycles. The lowest BCUT2D eigenvalue weighted by Gasteiger charge is -2.15. The smallest absolute Gasteiger partial charge is 0.158 e. The Hall–Kier alpha value is -1.38. The van der Waals surface area contributed by atoms with Crippen LogP contribution < -0.4 is 0 Å². The monoisotopic (exact) mass is 189 g/mol. The van der Waals surface area contributed by atoms with E-state index in [0.29, 0.717) is 0 Å². The molecule has 0 saturated heterocycles. The fraction of sp³-hybridized carbons (Fsp3) is 0.455. The molecule has 3 heteroatoms. The summed E-state index contributed by atoms with van der Waals surface area (Å²) in [7, 11) is 0. The zero-order valence-electron chi connectivity index (χ0n) is 9.07. The molecule has 0 N–H and O–H groups in total. The van der Waals surface area contributed by atoms with Crippen molar-refractivity contribution in [1.82, 2.24) is 14.6 Å². The molecule has 0 atom stereocenters. The Balaban J connectivity index is 2.73. The van der Waals surface area contributed by atoms with Gasteiger partial charge in [0, 0.05) is 17.5 Å². The van der Waals surface area contributed by atoms with Crippen molar-refractivity contribution in [3.63, 3.8) is 0 Å². The quantitative estimate of drug-likeness (QED) is 0.636. The Kier molecular flexibility index (Phi) is 1.84. The third-order valence-electron chi connectivity index (χ3n) is 2.32. The van der Waals surface area contributed by atoms with Gasteiger partial charge in [0.05, 0.1) is 6.20 Å². The molecule has 74 valence electrons. The average molecular weight is 189 g/mol. The van der Waals surface area contributed by atoms with E-state index >= 15 is 0 Å². The number of aromatic nitrogens is 3. The number of rotatable bonds is 0. The van der Waals surface area contributed by atoms with Gasteiger partial charge in [0.2, 0.25) is 0 Å². The highest BCUT2D eigenvalue weighted by Gasteiger charge is 2.19. The normalized spacial score (nSPS) is 12.3. The summed E-state index contributed by atoms with van der Waals surface area (Å²) in [6.07, 6.45) is 3.86. The zero-order chi connectivity index (χ0) is 10.3. The SMILES string of the molecule is Cc1ccn2ncc(C(C)(C)C)c2n1. The first-order valence-corrected chi connectivity index (χ1v) is 4.80. The maximum Gasteiger partial charge on any atom is 0.158 e. The first kappa shape index (κ1) is 9.19. The third kappa shape index (κ3) is 1.39. The van der Waals surface area contributed by atoms with Crippen LogP contribution in [0.3, 0.4) is 0 Å². The van der Waals surface area contributed by atoms with Gasteiger partial charge in [-0.3, -0.25) is 0 Å². The fourth-order valence-electron chi connectivity index (χ4n) is 1.49. The van der Waals surface area contributed by atoms with E-state index in [2.05, 4.69) is 30.9 Å². The van der Waals surface area contributed by atoms with Crippen molar-refractivity contribution >= 4 is 5.65 Å². The lowest BCUT2D eigenvalue weighted by Crippen LogP contribution is -2.11. The van der Waals surface area contributed by atoms with Crippen molar-refractivity contribution in [3.8, 4) is 0 Å². The Morgan fingerprint density at radius 3 is 2.64 bits per heavy atom. The van der Waals surface area contributed by atoms with Crippen LogP contribution in [0.4, 0.5) is 0 Å². The minimum atomic E-state index is 0.0997. The van der Waals surface area contributed by atoms with Gasteiger partial charge < -0.3 is 0 Å². The molecule has 0 spiro atoms. The Bertz CT molecular complexity index is 463. The molecule has 0 aliphatic heterocycles. The molecule has 0 aliphatic rings. The van der Waals surface area contributed by atoms with Crippen molar-refractivity contribution < 1.29 is 0 Å². The first-order chi connectivity index (χ1) is 6.48. The van der Waals surface area contributed by atoms with Crippen molar-refractivity contribution in [1.29, 1.82) is 0 Å². The van der Waals surface area contributed by atoms with Gasteiger partial charge in [0.15, 0.2) is 5.65 Å². The van der Waals surface area contributed by atoms with Crippen LogP contribution in [0.25, 0.3) is 5.65 Å². The number of hydrogen-bond acceptors (Lipinski definition) is 2. The zero-order valence-corrected chi connectivity index (χ0v) is 9.07. The Morgan fingerprint density at radius 2 is 2.00 bits per heavy atom. The van der Waals surface area contributed by atoms with Crippen LogP contribution in [0.15, 0.2) is 18.5 Å². The second kappa shape index (κ2) is 2.80. The number of aryl methyl sites for hydroxylation is 1. The highest BCUT2D eigenvalue weighted by Crippen LogP contribution is 2.24. The summed E-state index contributed by atoms with van der Waals surface area (Å²) < 4.78 is 1.83. The van der Waals surface area contributed by atoms with Gasteiger partial charge in [-0.2, -0.15) is 5.10 Å². The van der Waals surface area contributed by atoms with Crippen LogP contribution >= 0.6 is 0 Å². The molecule has 14 heavy (non-hydrogen) atoms. The maximum atomic E-state index is 4.50. The summed E-state index contributed by atoms with van der Waals surface area (Å²) in [6, 6.07) is 1.96. The Morgan fingerprint density at radius 1 is 1.29 bits per heavy atom. The molecule has 0 bridgehead atoms. The van der Waals surface area contributed by atoms with Crippen LogP contribution in [-0.2, 0) is 5.41 Å². The molecular weight excluding hydrogens is 174 g/mol. The summed E-state index contributed by atoms with van der Waals surface area (Å²) in [5.41, 5.74) is 3.30. The molecule has 3 nitrogen and oxygen atoms in total. The molecule has 2 aromatic heterocycles. The summed E-state index contributed by atoms with van der Waals surface area (Å²) in [4.78, 5) is 4.50. The van der Waals surface area contributed by atoms with E-state index in [1.165, 1.54) is 5.56 Å². The lowest BCUT2D eigenvalue weighted by atomic mass is 9.89. The fourth-order valence-corrected chi connectivity index (χ4v) is 1.49. The van der Waals surface area contributed by atoms with E-state index in [1.807, 2.05) is 29.9 Å². The second-order valence-corrected chi connectivity index (χ2v) is 4.65. The van der Waals surface area contributed by atoms with E-state index in [-0.39, 0.29) is 5.41 Å². The molecule has 2 rings (SSSR count). The minimum Gasteiger partial charge on any atom is -0.234 e. The van der Waals surface area contributed by atoms with Gasteiger partial charge in [0.25, 0.3) is 0 Å². The van der Waals surface area contributed by atoms with Gasteiger partial charge in [-0.1, -0.05) is 20.8 Å². The van der Waals surface area contributed by atoms with Crippen LogP contribution in [0.5, 0.6) is 0 Å². The van der Waals surface area contributed by atoms with Crippen LogP contribution in [0.2, 0.25) is 0 Å².